The third-order valence-electron chi connectivity index (χ3n) is 2.55. The highest BCUT2D eigenvalue weighted by Crippen LogP contribution is 2.21. The second-order valence-corrected chi connectivity index (χ2v) is 5.48. The smallest absolute Gasteiger partial charge is 0.123 e. The van der Waals surface area contributed by atoms with Crippen molar-refractivity contribution in [3.05, 3.63) is 29.3 Å². The largest absolute Gasteiger partial charge is 0.496 e. The Bertz CT molecular complexity index is 369. The van der Waals surface area contributed by atoms with E-state index in [0.29, 0.717) is 0 Å². The Labute approximate surface area is 105 Å². The number of hydrogen-bond donors (Lipinski definition) is 1. The first kappa shape index (κ1) is 14.0. The lowest BCUT2D eigenvalue weighted by molar-refractivity contribution is 0.259. The average molecular weight is 236 g/mol. The number of aryl methyl sites for hydroxylation is 1. The lowest BCUT2D eigenvalue weighted by atomic mass is 10.1. The number of nitrogens with two attached hydrogens (primary N) is 1. The van der Waals surface area contributed by atoms with Gasteiger partial charge in [0.2, 0.25) is 0 Å². The zero-order valence-electron chi connectivity index (χ0n) is 11.6. The minimum absolute atomic E-state index is 0.175. The highest BCUT2D eigenvalue weighted by Gasteiger charge is 2.15. The van der Waals surface area contributed by atoms with E-state index in [-0.39, 0.29) is 5.54 Å². The fraction of sp³-hybridized carbons (Fsp3) is 0.571. The number of benzene rings is 1. The highest BCUT2D eigenvalue weighted by molar-refractivity contribution is 5.36. The summed E-state index contributed by atoms with van der Waals surface area (Å²) in [5.74, 6) is 0.942. The molecule has 3 nitrogen and oxygen atoms in total. The summed E-state index contributed by atoms with van der Waals surface area (Å²) in [7, 11) is 3.79. The molecule has 1 rings (SSSR count). The van der Waals surface area contributed by atoms with Crippen LogP contribution in [0.25, 0.3) is 0 Å². The van der Waals surface area contributed by atoms with Crippen LogP contribution in [0.4, 0.5) is 0 Å². The lowest BCUT2D eigenvalue weighted by Gasteiger charge is -2.27. The van der Waals surface area contributed by atoms with Crippen LogP contribution in [0.3, 0.4) is 0 Å². The van der Waals surface area contributed by atoms with E-state index in [1.165, 1.54) is 11.1 Å². The summed E-state index contributed by atoms with van der Waals surface area (Å²) in [5.41, 5.74) is 8.30. The molecule has 0 aliphatic carbocycles. The second kappa shape index (κ2) is 5.52. The SMILES string of the molecule is COc1ccc(C)cc1CN(C)CC(C)(C)N. The van der Waals surface area contributed by atoms with Gasteiger partial charge in [-0.1, -0.05) is 17.7 Å². The molecule has 0 saturated heterocycles. The molecule has 0 aliphatic heterocycles. The Morgan fingerprint density at radius 1 is 1.35 bits per heavy atom. The van der Waals surface area contributed by atoms with E-state index in [2.05, 4.69) is 31.0 Å². The van der Waals surface area contributed by atoms with Gasteiger partial charge in [-0.25, -0.2) is 0 Å². The fourth-order valence-corrected chi connectivity index (χ4v) is 2.07. The average Bonchev–Trinajstić information content (AvgIpc) is 2.14. The predicted molar refractivity (Wildman–Crippen MR) is 72.3 cm³/mol. The Morgan fingerprint density at radius 2 is 2.00 bits per heavy atom. The number of likely N-dealkylation sites (N-methyl/N-ethyl adjacent to an activating group) is 1. The van der Waals surface area contributed by atoms with E-state index in [1.807, 2.05) is 19.9 Å². The molecule has 0 amide bonds. The van der Waals surface area contributed by atoms with Crippen molar-refractivity contribution in [1.82, 2.24) is 4.90 Å². The molecule has 0 unspecified atom stereocenters. The van der Waals surface area contributed by atoms with Crippen LogP contribution in [0.1, 0.15) is 25.0 Å². The van der Waals surface area contributed by atoms with Crippen LogP contribution in [0.15, 0.2) is 18.2 Å². The summed E-state index contributed by atoms with van der Waals surface area (Å²) >= 11 is 0. The summed E-state index contributed by atoms with van der Waals surface area (Å²) in [6, 6.07) is 6.25. The maximum atomic E-state index is 6.02. The van der Waals surface area contributed by atoms with E-state index in [0.717, 1.165) is 18.8 Å². The van der Waals surface area contributed by atoms with E-state index in [1.54, 1.807) is 7.11 Å². The molecular weight excluding hydrogens is 212 g/mol. The van der Waals surface area contributed by atoms with Crippen LogP contribution in [-0.4, -0.2) is 31.1 Å². The quantitative estimate of drug-likeness (QED) is 0.851. The van der Waals surface area contributed by atoms with Crippen molar-refractivity contribution in [2.45, 2.75) is 32.9 Å². The summed E-state index contributed by atoms with van der Waals surface area (Å²) in [6.07, 6.45) is 0. The first-order valence-electron chi connectivity index (χ1n) is 5.93. The monoisotopic (exact) mass is 236 g/mol. The summed E-state index contributed by atoms with van der Waals surface area (Å²) in [6.45, 7) is 7.87. The molecule has 0 atom stereocenters. The van der Waals surface area contributed by atoms with E-state index >= 15 is 0 Å². The van der Waals surface area contributed by atoms with Crippen molar-refractivity contribution in [3.8, 4) is 5.75 Å². The highest BCUT2D eigenvalue weighted by atomic mass is 16.5. The van der Waals surface area contributed by atoms with Gasteiger partial charge in [-0.15, -0.1) is 0 Å². The van der Waals surface area contributed by atoms with Gasteiger partial charge in [-0.2, -0.15) is 0 Å². The zero-order chi connectivity index (χ0) is 13.1. The standard InChI is InChI=1S/C14H24N2O/c1-11-6-7-13(17-5)12(8-11)9-16(4)10-14(2,3)15/h6-8H,9-10,15H2,1-5H3. The molecular formula is C14H24N2O. The predicted octanol–water partition coefficient (Wildman–Crippen LogP) is 2.17. The van der Waals surface area contributed by atoms with Crippen molar-refractivity contribution in [2.24, 2.45) is 5.73 Å². The van der Waals surface area contributed by atoms with Crippen LogP contribution in [0, 0.1) is 6.92 Å². The number of hydrogen-bond acceptors (Lipinski definition) is 3. The van der Waals surface area contributed by atoms with Gasteiger partial charge in [0.05, 0.1) is 7.11 Å². The van der Waals surface area contributed by atoms with Crippen LogP contribution in [0.2, 0.25) is 0 Å². The van der Waals surface area contributed by atoms with Crippen LogP contribution in [-0.2, 0) is 6.54 Å². The molecule has 2 N–H and O–H groups in total. The molecule has 0 aliphatic rings. The van der Waals surface area contributed by atoms with Gasteiger partial charge in [0.15, 0.2) is 0 Å². The van der Waals surface area contributed by atoms with Gasteiger partial charge in [0, 0.05) is 24.2 Å². The molecule has 0 spiro atoms. The van der Waals surface area contributed by atoms with E-state index in [9.17, 15) is 0 Å². The third-order valence-corrected chi connectivity index (χ3v) is 2.55. The molecule has 0 fully saturated rings. The summed E-state index contributed by atoms with van der Waals surface area (Å²) in [4.78, 5) is 2.22. The molecule has 96 valence electrons. The number of rotatable bonds is 5. The molecule has 17 heavy (non-hydrogen) atoms. The number of ether oxygens (including phenoxy) is 1. The first-order valence-corrected chi connectivity index (χ1v) is 5.93. The molecule has 0 radical (unpaired) electrons. The third kappa shape index (κ3) is 4.75. The summed E-state index contributed by atoms with van der Waals surface area (Å²) < 4.78 is 5.37. The van der Waals surface area contributed by atoms with Gasteiger partial charge in [0.1, 0.15) is 5.75 Å². The number of nitrogens with zero attached hydrogens (tertiary/aromatic N) is 1. The van der Waals surface area contributed by atoms with Gasteiger partial charge in [-0.05, 0) is 33.9 Å². The van der Waals surface area contributed by atoms with Gasteiger partial charge >= 0.3 is 0 Å². The minimum atomic E-state index is -0.175. The lowest BCUT2D eigenvalue weighted by Crippen LogP contribution is -2.43. The zero-order valence-corrected chi connectivity index (χ0v) is 11.6. The molecule has 3 heteroatoms. The van der Waals surface area contributed by atoms with Crippen molar-refractivity contribution in [3.63, 3.8) is 0 Å². The normalized spacial score (nSPS) is 11.9. The molecule has 1 aromatic carbocycles. The van der Waals surface area contributed by atoms with Crippen LogP contribution >= 0.6 is 0 Å². The minimum Gasteiger partial charge on any atom is -0.496 e. The van der Waals surface area contributed by atoms with Crippen LogP contribution in [0.5, 0.6) is 5.75 Å². The van der Waals surface area contributed by atoms with Gasteiger partial charge in [-0.3, -0.25) is 0 Å². The fourth-order valence-electron chi connectivity index (χ4n) is 2.07. The first-order chi connectivity index (χ1) is 7.81. The second-order valence-electron chi connectivity index (χ2n) is 5.48. The maximum absolute atomic E-state index is 6.02. The molecule has 0 bridgehead atoms. The Hall–Kier alpha value is -1.06. The topological polar surface area (TPSA) is 38.5 Å². The molecule has 0 aromatic heterocycles. The van der Waals surface area contributed by atoms with Crippen molar-refractivity contribution in [2.75, 3.05) is 20.7 Å². The Morgan fingerprint density at radius 3 is 2.53 bits per heavy atom. The molecule has 0 saturated carbocycles. The van der Waals surface area contributed by atoms with Crippen molar-refractivity contribution in [1.29, 1.82) is 0 Å². The number of methoxy groups -OCH3 is 1. The molecule has 0 heterocycles. The van der Waals surface area contributed by atoms with Crippen LogP contribution < -0.4 is 10.5 Å². The summed E-state index contributed by atoms with van der Waals surface area (Å²) in [5, 5.41) is 0. The molecule has 1 aromatic rings. The Kier molecular flexibility index (Phi) is 4.54. The van der Waals surface area contributed by atoms with E-state index < -0.39 is 0 Å². The van der Waals surface area contributed by atoms with E-state index in [4.69, 9.17) is 10.5 Å². The van der Waals surface area contributed by atoms with Gasteiger partial charge in [0.25, 0.3) is 0 Å². The maximum Gasteiger partial charge on any atom is 0.123 e. The Balaban J connectivity index is 2.76. The van der Waals surface area contributed by atoms with Crippen molar-refractivity contribution < 1.29 is 4.74 Å². The van der Waals surface area contributed by atoms with Crippen molar-refractivity contribution >= 4 is 0 Å². The van der Waals surface area contributed by atoms with Gasteiger partial charge < -0.3 is 15.4 Å².